The smallest absolute Gasteiger partial charge is 0.333 e. The van der Waals surface area contributed by atoms with Crippen LogP contribution in [-0.4, -0.2) is 132 Å². The number of thiazole rings is 2. The molecule has 7 aromatic rings. The van der Waals surface area contributed by atoms with E-state index in [0.717, 1.165) is 32.0 Å². The van der Waals surface area contributed by atoms with E-state index in [1.165, 1.54) is 76.4 Å². The molecule has 5 aromatic heterocycles. The van der Waals surface area contributed by atoms with E-state index in [4.69, 9.17) is 33.4 Å². The molecule has 18 nitrogen and oxygen atoms in total. The molecule has 2 atom stereocenters. The van der Waals surface area contributed by atoms with Gasteiger partial charge in [0.2, 0.25) is 0 Å². The first-order valence-corrected chi connectivity index (χ1v) is 22.3. The first-order chi connectivity index (χ1) is 31.4. The summed E-state index contributed by atoms with van der Waals surface area (Å²) in [7, 11) is 0. The van der Waals surface area contributed by atoms with Crippen molar-refractivity contribution in [2.75, 3.05) is 86.0 Å². The molecule has 7 heterocycles. The van der Waals surface area contributed by atoms with Gasteiger partial charge < -0.3 is 40.4 Å². The van der Waals surface area contributed by atoms with E-state index in [2.05, 4.69) is 45.8 Å². The molecule has 2 saturated heterocycles. The van der Waals surface area contributed by atoms with Crippen LogP contribution in [0.3, 0.4) is 0 Å². The van der Waals surface area contributed by atoms with Gasteiger partial charge in [-0.1, -0.05) is 53.3 Å². The molecule has 380 valence electrons. The summed E-state index contributed by atoms with van der Waals surface area (Å²) in [4.78, 5) is 50.9. The van der Waals surface area contributed by atoms with Crippen LogP contribution in [0.25, 0.3) is 20.4 Å². The zero-order valence-corrected chi connectivity index (χ0v) is 48.4. The van der Waals surface area contributed by atoms with Crippen LogP contribution in [0.4, 0.5) is 40.3 Å². The third-order valence-electron chi connectivity index (χ3n) is 9.95. The van der Waals surface area contributed by atoms with Crippen molar-refractivity contribution in [3.63, 3.8) is 0 Å². The Morgan fingerprint density at radius 3 is 1.54 bits per heavy atom. The zero-order valence-electron chi connectivity index (χ0n) is 36.9. The molecule has 3 amide bonds. The molecule has 2 fully saturated rings. The molecule has 2 aliphatic rings. The number of pyridine rings is 2. The minimum atomic E-state index is -1.02. The fourth-order valence-electron chi connectivity index (χ4n) is 6.54. The monoisotopic (exact) mass is 1290 g/mol. The number of amides is 3. The number of fused-ring (bicyclic) bond motifs is 2. The molecule has 0 bridgehead atoms. The van der Waals surface area contributed by atoms with Gasteiger partial charge in [0, 0.05) is 200 Å². The number of hydrogen-bond acceptors (Lipinski definition) is 16. The van der Waals surface area contributed by atoms with Gasteiger partial charge in [0.15, 0.2) is 10.3 Å². The number of nitrogens with zero attached hydrogens (tertiary/aromatic N) is 9. The Kier molecular flexibility index (Phi) is 32.7. The van der Waals surface area contributed by atoms with E-state index in [0.29, 0.717) is 83.9 Å². The second kappa shape index (κ2) is 33.8. The van der Waals surface area contributed by atoms with Crippen molar-refractivity contribution in [3.8, 4) is 0 Å². The second-order valence-electron chi connectivity index (χ2n) is 14.3. The maximum Gasteiger partial charge on any atom is 0.333 e. The largest absolute Gasteiger partial charge is 0.393 e. The molecular formula is C42H46Cl2F2N12O6S2V6. The van der Waals surface area contributed by atoms with Crippen LogP contribution in [0.1, 0.15) is 30.8 Å². The summed E-state index contributed by atoms with van der Waals surface area (Å²) in [6, 6.07) is 11.2. The van der Waals surface area contributed by atoms with Crippen molar-refractivity contribution < 1.29 is 150 Å². The van der Waals surface area contributed by atoms with E-state index in [9.17, 15) is 28.6 Å². The summed E-state index contributed by atoms with van der Waals surface area (Å²) in [5.74, 6) is 0.644. The topological polar surface area (TPSA) is 230 Å². The number of imidazole rings is 1. The van der Waals surface area contributed by atoms with Gasteiger partial charge in [-0.05, 0) is 48.5 Å². The average Bonchev–Trinajstić information content (AvgIpc) is 4.09. The van der Waals surface area contributed by atoms with Crippen molar-refractivity contribution >= 4 is 100 Å². The molecule has 30 heteroatoms. The molecule has 7 N–H and O–H groups in total. The Hall–Kier alpha value is -2.18. The SMILES string of the molecule is C.O=C(Nc1nc2ccc(F)cc2s1)N1CCN(c2ncc([C@H](O)CO)cc2Cl)CC1.O=C(Nc1nc2ccc(F)cc2s1)n1ccnc1.OC[C@@H](O)c1cnc(N2CCNCC2)c(Cl)c1.[V].[V].[V].[V].[V].[V]. The van der Waals surface area contributed by atoms with Gasteiger partial charge in [-0.3, -0.25) is 15.2 Å². The Morgan fingerprint density at radius 2 is 1.12 bits per heavy atom. The van der Waals surface area contributed by atoms with Gasteiger partial charge in [0.05, 0.1) is 43.7 Å². The maximum atomic E-state index is 13.3. The predicted molar refractivity (Wildman–Crippen MR) is 253 cm³/mol. The number of nitrogens with one attached hydrogen (secondary N) is 3. The van der Waals surface area contributed by atoms with Crippen LogP contribution < -0.4 is 25.8 Å². The maximum absolute atomic E-state index is 13.3. The molecule has 0 aliphatic carbocycles. The standard InChI is InChI=1S/C19H19ClFN5O3S.C11H16ClN3O2.C11H7FN4OS.CH4.6V/c20-13-7-11(15(28)10-27)9-22-17(13)25-3-5-26(6-4-25)19(29)24-18-23-14-2-1-12(21)8-16(14)30-18;12-9-5-8(10(17)7-16)6-14-11(9)15-3-1-13-2-4-15;12-7-1-2-8-9(5-7)18-10(14-8)15-11(17)16-4-3-13-6-16;;;;;;;/h1-2,7-9,15,27-28H,3-6,10H2,(H,23,24,29);5-6,10,13,16-17H,1-4,7H2;1-6H,(H,14,15,17);1H4;;;;;;/t15-;10-;;;;;;;;/m11......../s1. The fraction of sp³-hybridized carbons (Fsp3) is 0.310. The van der Waals surface area contributed by atoms with Crippen molar-refractivity contribution in [2.45, 2.75) is 19.6 Å². The predicted octanol–water partition coefficient (Wildman–Crippen LogP) is 6.37. The van der Waals surface area contributed by atoms with E-state index >= 15 is 0 Å². The van der Waals surface area contributed by atoms with Crippen molar-refractivity contribution in [2.24, 2.45) is 0 Å². The number of rotatable bonds is 8. The van der Waals surface area contributed by atoms with Gasteiger partial charge in [-0.25, -0.2) is 43.3 Å². The van der Waals surface area contributed by atoms with Crippen LogP contribution >= 0.6 is 45.9 Å². The number of urea groups is 1. The summed E-state index contributed by atoms with van der Waals surface area (Å²) in [6.07, 6.45) is 5.53. The first kappa shape index (κ1) is 69.8. The Labute approximate surface area is 503 Å². The minimum absolute atomic E-state index is 0. The third kappa shape index (κ3) is 18.8. The minimum Gasteiger partial charge on any atom is -0.393 e. The van der Waals surface area contributed by atoms with Crippen LogP contribution in [0.2, 0.25) is 10.0 Å². The van der Waals surface area contributed by atoms with Gasteiger partial charge >= 0.3 is 12.1 Å². The first-order valence-electron chi connectivity index (χ1n) is 20.0. The van der Waals surface area contributed by atoms with Gasteiger partial charge in [0.25, 0.3) is 0 Å². The van der Waals surface area contributed by atoms with Crippen LogP contribution in [0, 0.1) is 11.6 Å². The van der Waals surface area contributed by atoms with Crippen LogP contribution in [-0.2, 0) is 111 Å². The second-order valence-corrected chi connectivity index (χ2v) is 17.2. The number of anilines is 4. The number of carbonyl (C=O) groups excluding carboxylic acids is 2. The quantitative estimate of drug-likeness (QED) is 0.0878. The molecule has 72 heavy (non-hydrogen) atoms. The van der Waals surface area contributed by atoms with Crippen LogP contribution in [0.5, 0.6) is 0 Å². The van der Waals surface area contributed by atoms with Crippen LogP contribution in [0.15, 0.2) is 79.6 Å². The number of carbonyl (C=O) groups is 2. The summed E-state index contributed by atoms with van der Waals surface area (Å²) in [6.45, 7) is 4.83. The zero-order chi connectivity index (χ0) is 46.0. The van der Waals surface area contributed by atoms with Gasteiger partial charge in [-0.2, -0.15) is 0 Å². The molecule has 0 spiro atoms. The number of benzene rings is 2. The fourth-order valence-corrected chi connectivity index (χ4v) is 8.89. The third-order valence-corrected chi connectivity index (χ3v) is 12.4. The van der Waals surface area contributed by atoms with Gasteiger partial charge in [0.1, 0.15) is 41.8 Å². The average molecular weight is 1290 g/mol. The summed E-state index contributed by atoms with van der Waals surface area (Å²) in [5, 5.41) is 47.5. The number of aliphatic hydroxyl groups is 4. The molecule has 9 rings (SSSR count). The summed E-state index contributed by atoms with van der Waals surface area (Å²) >= 11 is 14.9. The Balaban J connectivity index is 0.00000105. The van der Waals surface area contributed by atoms with E-state index in [1.807, 2.05) is 4.90 Å². The van der Waals surface area contributed by atoms with Crippen molar-refractivity contribution in [1.29, 1.82) is 0 Å². The molecule has 6 radical (unpaired) electrons. The van der Waals surface area contributed by atoms with E-state index in [-0.39, 0.29) is 149 Å². The summed E-state index contributed by atoms with van der Waals surface area (Å²) in [5.41, 5.74) is 2.27. The van der Waals surface area contributed by atoms with Crippen molar-refractivity contribution in [1.82, 2.24) is 39.7 Å². The van der Waals surface area contributed by atoms with E-state index in [1.54, 1.807) is 35.4 Å². The number of piperazine rings is 2. The summed E-state index contributed by atoms with van der Waals surface area (Å²) < 4.78 is 29.0. The Bertz CT molecular complexity index is 2750. The normalized spacial score (nSPS) is 13.4. The number of hydrogen-bond donors (Lipinski definition) is 7. The number of aromatic nitrogens is 6. The Morgan fingerprint density at radius 1 is 0.681 bits per heavy atom. The number of halogens is 4. The number of aliphatic hydroxyl groups excluding tert-OH is 4. The molecule has 0 saturated carbocycles. The molecular weight excluding hydrogens is 1250 g/mol. The van der Waals surface area contributed by atoms with Crippen molar-refractivity contribution in [3.05, 3.63) is 112 Å². The molecule has 2 aliphatic heterocycles. The molecule has 0 unspecified atom stereocenters. The molecule has 2 aromatic carbocycles. The van der Waals surface area contributed by atoms with Gasteiger partial charge in [-0.15, -0.1) is 0 Å². The van der Waals surface area contributed by atoms with E-state index < -0.39 is 18.8 Å².